The first kappa shape index (κ1) is 40.8. The first-order valence-electron chi connectivity index (χ1n) is 25.3. The van der Waals surface area contributed by atoms with Crippen LogP contribution in [0.5, 0.6) is 0 Å². The van der Waals surface area contributed by atoms with Gasteiger partial charge >= 0.3 is 0 Å². The number of benzene rings is 11. The van der Waals surface area contributed by atoms with E-state index in [1.807, 2.05) is 18.2 Å². The van der Waals surface area contributed by atoms with E-state index in [-0.39, 0.29) is 0 Å². The van der Waals surface area contributed by atoms with Crippen molar-refractivity contribution < 1.29 is 4.42 Å². The van der Waals surface area contributed by atoms with Crippen LogP contribution in [-0.4, -0.2) is 20.7 Å². The predicted octanol–water partition coefficient (Wildman–Crippen LogP) is 17.4. The predicted molar refractivity (Wildman–Crippen MR) is 306 cm³/mol. The first-order valence-corrected chi connectivity index (χ1v) is 25.3. The van der Waals surface area contributed by atoms with E-state index in [2.05, 4.69) is 246 Å². The summed E-state index contributed by atoms with van der Waals surface area (Å²) in [6, 6.07) is 89.5. The molecule has 1 aliphatic carbocycles. The molecular weight excluding hydrogens is 901 g/mol. The van der Waals surface area contributed by atoms with Crippen LogP contribution in [0.25, 0.3) is 110 Å². The highest BCUT2D eigenvalue weighted by atomic mass is 16.3. The Morgan fingerprint density at radius 3 is 1.54 bits per heavy atom. The van der Waals surface area contributed by atoms with Gasteiger partial charge in [-0.3, -0.25) is 0 Å². The molecule has 4 heterocycles. The molecule has 3 aromatic heterocycles. The van der Waals surface area contributed by atoms with Crippen molar-refractivity contribution in [1.29, 1.82) is 0 Å². The number of rotatable bonds is 7. The molecule has 2 aliphatic rings. The van der Waals surface area contributed by atoms with Gasteiger partial charge in [-0.1, -0.05) is 164 Å². The number of aliphatic imine (C=N–C) groups is 2. The summed E-state index contributed by atoms with van der Waals surface area (Å²) in [6.45, 7) is 0. The van der Waals surface area contributed by atoms with Crippen molar-refractivity contribution >= 4 is 87.9 Å². The average molecular weight is 943 g/mol. The Labute approximate surface area is 425 Å². The lowest BCUT2D eigenvalue weighted by atomic mass is 9.90. The maximum absolute atomic E-state index is 6.69. The van der Waals surface area contributed by atoms with Crippen LogP contribution in [0.3, 0.4) is 0 Å². The fourth-order valence-electron chi connectivity index (χ4n) is 12.1. The molecule has 0 saturated carbocycles. The van der Waals surface area contributed by atoms with Gasteiger partial charge in [0.15, 0.2) is 5.84 Å². The minimum Gasteiger partial charge on any atom is -0.456 e. The molecule has 0 fully saturated rings. The zero-order valence-electron chi connectivity index (χ0n) is 39.9. The molecule has 1 unspecified atom stereocenters. The summed E-state index contributed by atoms with van der Waals surface area (Å²) >= 11 is 0. The smallest absolute Gasteiger partial charge is 0.156 e. The van der Waals surface area contributed by atoms with Crippen LogP contribution in [-0.2, 0) is 5.54 Å². The highest BCUT2D eigenvalue weighted by Crippen LogP contribution is 2.55. The Bertz CT molecular complexity index is 4750. The van der Waals surface area contributed by atoms with Gasteiger partial charge in [-0.15, -0.1) is 0 Å². The van der Waals surface area contributed by atoms with E-state index in [1.165, 1.54) is 54.5 Å². The second-order valence-electron chi connectivity index (χ2n) is 19.7. The number of hydrogen-bond donors (Lipinski definition) is 0. The summed E-state index contributed by atoms with van der Waals surface area (Å²) in [5, 5.41) is 9.53. The van der Waals surface area contributed by atoms with Crippen molar-refractivity contribution in [1.82, 2.24) is 9.13 Å². The average Bonchev–Trinajstić information content (AvgIpc) is 3.78. The van der Waals surface area contributed by atoms with E-state index < -0.39 is 5.54 Å². The number of amidine groups is 1. The van der Waals surface area contributed by atoms with Crippen molar-refractivity contribution in [3.05, 3.63) is 277 Å². The molecule has 344 valence electrons. The molecule has 0 N–H and O–H groups in total. The zero-order valence-corrected chi connectivity index (χ0v) is 39.9. The Hall–Kier alpha value is -9.84. The highest BCUT2D eigenvalue weighted by molar-refractivity contribution is 6.27. The van der Waals surface area contributed by atoms with Crippen molar-refractivity contribution in [2.75, 3.05) is 0 Å². The highest BCUT2D eigenvalue weighted by Gasteiger charge is 2.52. The molecule has 11 aromatic carbocycles. The minimum atomic E-state index is -0.669. The molecule has 5 heteroatoms. The lowest BCUT2D eigenvalue weighted by Crippen LogP contribution is -2.22. The Balaban J connectivity index is 0.861. The van der Waals surface area contributed by atoms with E-state index in [0.29, 0.717) is 0 Å². The lowest BCUT2D eigenvalue weighted by molar-refractivity contribution is 0.668. The molecule has 0 bridgehead atoms. The quantitative estimate of drug-likeness (QED) is 0.157. The largest absolute Gasteiger partial charge is 0.456 e. The number of aromatic nitrogens is 2. The van der Waals surface area contributed by atoms with Crippen LogP contribution in [0.2, 0.25) is 0 Å². The van der Waals surface area contributed by atoms with Crippen molar-refractivity contribution in [2.24, 2.45) is 9.98 Å². The Morgan fingerprint density at radius 2 is 0.878 bits per heavy atom. The topological polar surface area (TPSA) is 47.7 Å². The number of fused-ring (bicyclic) bond motifs is 12. The maximum atomic E-state index is 6.69. The fraction of sp³-hybridized carbons (Fsp3) is 0.0145. The Kier molecular flexibility index (Phi) is 8.60. The van der Waals surface area contributed by atoms with Gasteiger partial charge in [0, 0.05) is 60.4 Å². The third-order valence-electron chi connectivity index (χ3n) is 15.5. The van der Waals surface area contributed by atoms with Gasteiger partial charge in [-0.25, -0.2) is 9.98 Å². The second-order valence-corrected chi connectivity index (χ2v) is 19.7. The summed E-state index contributed by atoms with van der Waals surface area (Å²) < 4.78 is 11.5. The summed E-state index contributed by atoms with van der Waals surface area (Å²) in [5.41, 5.74) is 17.9. The maximum Gasteiger partial charge on any atom is 0.156 e. The van der Waals surface area contributed by atoms with E-state index >= 15 is 0 Å². The van der Waals surface area contributed by atoms with Crippen molar-refractivity contribution in [3.63, 3.8) is 0 Å². The van der Waals surface area contributed by atoms with Gasteiger partial charge in [0.2, 0.25) is 0 Å². The van der Waals surface area contributed by atoms with Gasteiger partial charge in [-0.2, -0.15) is 0 Å². The van der Waals surface area contributed by atoms with Gasteiger partial charge in [0.25, 0.3) is 0 Å². The van der Waals surface area contributed by atoms with E-state index in [0.717, 1.165) is 89.3 Å². The van der Waals surface area contributed by atoms with Crippen molar-refractivity contribution in [3.8, 4) is 33.6 Å². The molecule has 1 atom stereocenters. The van der Waals surface area contributed by atoms with Crippen LogP contribution in [0.1, 0.15) is 16.7 Å². The number of nitrogens with zero attached hydrogens (tertiary/aromatic N) is 4. The van der Waals surface area contributed by atoms with Crippen LogP contribution < -0.4 is 0 Å². The van der Waals surface area contributed by atoms with Gasteiger partial charge in [-0.05, 0) is 130 Å². The molecule has 0 amide bonds. The SMILES string of the molecule is C1=C2C(c3ccccc3)=NC(c3ccccc3)=NC12c1cccc2oc3ccc(-c4ccc5c(c4)c4cc(-c6ccc7c(c6)c6c8ccccc8ccc6n7-c6ccccc6)ccc4n5-c4ccccc4)cc3c12. The molecule has 14 aromatic rings. The standard InChI is InChI=1S/C69H42N4O/c1-5-17-44(18-6-1)67-58-42-69(58,71-68(70-67)45-19-7-2-8-20-45)57-26-15-27-64-66(57)56-41-49(32-37-63(56)74-64)47-30-34-60-54(39-47)53-38-46(29-33-59(53)72(60)50-21-9-3-10-22-50)48-31-35-61-55(40-48)65-52-25-14-13-16-43(52)28-36-62(65)73(61)51-23-11-4-12-24-51/h1-42H. The van der Waals surface area contributed by atoms with E-state index in [4.69, 9.17) is 14.4 Å². The molecule has 1 aliphatic heterocycles. The molecule has 5 nitrogen and oxygen atoms in total. The van der Waals surface area contributed by atoms with Crippen LogP contribution in [0, 0.1) is 0 Å². The molecule has 0 saturated heterocycles. The third-order valence-corrected chi connectivity index (χ3v) is 15.5. The summed E-state index contributed by atoms with van der Waals surface area (Å²) in [5.74, 6) is 0.725. The number of hydrogen-bond acceptors (Lipinski definition) is 3. The molecule has 0 spiro atoms. The van der Waals surface area contributed by atoms with Gasteiger partial charge in [0.05, 0.1) is 27.8 Å². The normalized spacial score (nSPS) is 15.3. The fourth-order valence-corrected chi connectivity index (χ4v) is 12.1. The summed E-state index contributed by atoms with van der Waals surface area (Å²) in [6.07, 6.45) is 2.28. The number of furan rings is 1. The summed E-state index contributed by atoms with van der Waals surface area (Å²) in [7, 11) is 0. The minimum absolute atomic E-state index is 0.669. The van der Waals surface area contributed by atoms with Crippen LogP contribution >= 0.6 is 0 Å². The monoisotopic (exact) mass is 942 g/mol. The molecule has 0 radical (unpaired) electrons. The first-order chi connectivity index (χ1) is 36.6. The van der Waals surface area contributed by atoms with Crippen molar-refractivity contribution in [2.45, 2.75) is 5.54 Å². The molecule has 16 rings (SSSR count). The molecular formula is C69H42N4O. The van der Waals surface area contributed by atoms with Gasteiger partial charge in [0.1, 0.15) is 16.7 Å². The summed E-state index contributed by atoms with van der Waals surface area (Å²) in [4.78, 5) is 10.7. The van der Waals surface area contributed by atoms with Crippen LogP contribution in [0.15, 0.2) is 275 Å². The van der Waals surface area contributed by atoms with Gasteiger partial charge < -0.3 is 13.6 Å². The molecule has 74 heavy (non-hydrogen) atoms. The second kappa shape index (κ2) is 15.6. The van der Waals surface area contributed by atoms with E-state index in [9.17, 15) is 0 Å². The Morgan fingerprint density at radius 1 is 0.351 bits per heavy atom. The third kappa shape index (κ3) is 6.04. The zero-order chi connectivity index (χ0) is 48.5. The number of para-hydroxylation sites is 2. The lowest BCUT2D eigenvalue weighted by Gasteiger charge is -2.22. The van der Waals surface area contributed by atoms with E-state index in [1.54, 1.807) is 0 Å². The van der Waals surface area contributed by atoms with Crippen LogP contribution in [0.4, 0.5) is 0 Å².